The largest absolute Gasteiger partial charge is 0.466 e. The van der Waals surface area contributed by atoms with Crippen molar-refractivity contribution in [3.8, 4) is 17.3 Å². The molecule has 1 aromatic heterocycles. The Hall–Kier alpha value is -2.30. The van der Waals surface area contributed by atoms with Crippen LogP contribution in [0, 0.1) is 17.2 Å². The van der Waals surface area contributed by atoms with E-state index in [2.05, 4.69) is 16.0 Å². The number of aromatic nitrogens is 2. The first-order chi connectivity index (χ1) is 13.6. The second kappa shape index (κ2) is 9.26. The average molecular weight is 417 g/mol. The lowest BCUT2D eigenvalue weighted by atomic mass is 9.97. The minimum absolute atomic E-state index is 0.192. The van der Waals surface area contributed by atoms with E-state index in [-0.39, 0.29) is 11.9 Å². The van der Waals surface area contributed by atoms with E-state index in [4.69, 9.17) is 16.3 Å². The van der Waals surface area contributed by atoms with Crippen molar-refractivity contribution in [3.05, 3.63) is 34.9 Å². The highest BCUT2D eigenvalue weighted by Gasteiger charge is 2.30. The molecule has 2 heterocycles. The first kappa shape index (κ1) is 20.4. The van der Waals surface area contributed by atoms with Crippen LogP contribution >= 0.6 is 23.4 Å². The predicted molar refractivity (Wildman–Crippen MR) is 111 cm³/mol. The number of carbonyl (C=O) groups excluding carboxylic acids is 1. The van der Waals surface area contributed by atoms with Gasteiger partial charge in [-0.25, -0.2) is 9.97 Å². The third-order valence-corrected chi connectivity index (χ3v) is 5.42. The highest BCUT2D eigenvalue weighted by Crippen LogP contribution is 2.33. The van der Waals surface area contributed by atoms with E-state index < -0.39 is 0 Å². The van der Waals surface area contributed by atoms with Crippen molar-refractivity contribution < 1.29 is 9.53 Å². The van der Waals surface area contributed by atoms with Gasteiger partial charge in [0, 0.05) is 23.7 Å². The van der Waals surface area contributed by atoms with Crippen LogP contribution in [0.25, 0.3) is 11.3 Å². The van der Waals surface area contributed by atoms with Gasteiger partial charge in [0.15, 0.2) is 11.0 Å². The standard InChI is InChI=1S/C20H21ClN4O2S/c1-3-27-19(26)14-5-4-10-25(12-14)18-16(11-22)17(23-20(24-18)28-2)13-6-8-15(21)9-7-13/h6-9,14H,3-5,10,12H2,1-2H3/t14-/m1/s1. The van der Waals surface area contributed by atoms with Gasteiger partial charge in [0.25, 0.3) is 0 Å². The van der Waals surface area contributed by atoms with E-state index >= 15 is 0 Å². The summed E-state index contributed by atoms with van der Waals surface area (Å²) in [4.78, 5) is 23.4. The molecule has 0 spiro atoms. The zero-order valence-corrected chi connectivity index (χ0v) is 17.4. The van der Waals surface area contributed by atoms with Crippen molar-refractivity contribution in [2.45, 2.75) is 24.9 Å². The van der Waals surface area contributed by atoms with E-state index in [1.807, 2.05) is 23.3 Å². The quantitative estimate of drug-likeness (QED) is 0.411. The zero-order chi connectivity index (χ0) is 20.1. The molecule has 1 aliphatic rings. The summed E-state index contributed by atoms with van der Waals surface area (Å²) < 4.78 is 5.19. The van der Waals surface area contributed by atoms with Crippen molar-refractivity contribution in [1.29, 1.82) is 5.26 Å². The first-order valence-corrected chi connectivity index (χ1v) is 10.7. The number of nitriles is 1. The van der Waals surface area contributed by atoms with Crippen LogP contribution in [0.5, 0.6) is 0 Å². The first-order valence-electron chi connectivity index (χ1n) is 9.11. The summed E-state index contributed by atoms with van der Waals surface area (Å²) >= 11 is 7.42. The topological polar surface area (TPSA) is 79.1 Å². The lowest BCUT2D eigenvalue weighted by Gasteiger charge is -2.33. The third kappa shape index (κ3) is 4.40. The molecule has 0 saturated carbocycles. The number of esters is 1. The molecule has 1 aromatic carbocycles. The molecule has 1 fully saturated rings. The molecule has 1 aliphatic heterocycles. The van der Waals surface area contributed by atoms with Crippen molar-refractivity contribution >= 4 is 35.1 Å². The van der Waals surface area contributed by atoms with E-state index in [9.17, 15) is 10.1 Å². The zero-order valence-electron chi connectivity index (χ0n) is 15.8. The summed E-state index contributed by atoms with van der Waals surface area (Å²) in [6.07, 6.45) is 3.51. The lowest BCUT2D eigenvalue weighted by Crippen LogP contribution is -2.40. The Kier molecular flexibility index (Phi) is 6.76. The minimum Gasteiger partial charge on any atom is -0.466 e. The van der Waals surface area contributed by atoms with E-state index in [0.29, 0.717) is 40.4 Å². The van der Waals surface area contributed by atoms with Crippen molar-refractivity contribution in [2.24, 2.45) is 5.92 Å². The molecule has 0 bridgehead atoms. The smallest absolute Gasteiger partial charge is 0.310 e. The Morgan fingerprint density at radius 1 is 1.39 bits per heavy atom. The summed E-state index contributed by atoms with van der Waals surface area (Å²) in [5.74, 6) is 0.162. The molecule has 2 aromatic rings. The summed E-state index contributed by atoms with van der Waals surface area (Å²) in [5, 5.41) is 11.1. The maximum atomic E-state index is 12.2. The summed E-state index contributed by atoms with van der Waals surface area (Å²) in [6.45, 7) is 3.39. The summed E-state index contributed by atoms with van der Waals surface area (Å²) in [7, 11) is 0. The maximum Gasteiger partial charge on any atom is 0.310 e. The summed E-state index contributed by atoms with van der Waals surface area (Å²) in [5.41, 5.74) is 1.79. The monoisotopic (exact) mass is 416 g/mol. The molecular formula is C20H21ClN4O2S. The van der Waals surface area contributed by atoms with Crippen molar-refractivity contribution in [2.75, 3.05) is 30.9 Å². The fourth-order valence-electron chi connectivity index (χ4n) is 3.29. The maximum absolute atomic E-state index is 12.2. The molecule has 3 rings (SSSR count). The minimum atomic E-state index is -0.216. The SMILES string of the molecule is CCOC(=O)[C@@H]1CCCN(c2nc(SC)nc(-c3ccc(Cl)cc3)c2C#N)C1. The van der Waals surface area contributed by atoms with Crippen LogP contribution in [0.2, 0.25) is 5.02 Å². The van der Waals surface area contributed by atoms with Crippen LogP contribution in [-0.4, -0.2) is 41.9 Å². The van der Waals surface area contributed by atoms with Crippen LogP contribution in [-0.2, 0) is 9.53 Å². The van der Waals surface area contributed by atoms with Crippen LogP contribution < -0.4 is 4.90 Å². The van der Waals surface area contributed by atoms with Crippen LogP contribution in [0.15, 0.2) is 29.4 Å². The number of hydrogen-bond acceptors (Lipinski definition) is 7. The van der Waals surface area contributed by atoms with Gasteiger partial charge in [-0.3, -0.25) is 4.79 Å². The number of anilines is 1. The normalized spacial score (nSPS) is 16.5. The Morgan fingerprint density at radius 2 is 2.14 bits per heavy atom. The van der Waals surface area contributed by atoms with Gasteiger partial charge in [-0.1, -0.05) is 35.5 Å². The van der Waals surface area contributed by atoms with E-state index in [1.165, 1.54) is 11.8 Å². The molecule has 0 aliphatic carbocycles. The van der Waals surface area contributed by atoms with Crippen LogP contribution in [0.3, 0.4) is 0 Å². The van der Waals surface area contributed by atoms with Crippen LogP contribution in [0.1, 0.15) is 25.3 Å². The molecule has 28 heavy (non-hydrogen) atoms. The molecular weight excluding hydrogens is 396 g/mol. The Balaban J connectivity index is 2.02. The molecule has 1 saturated heterocycles. The molecule has 8 heteroatoms. The van der Waals surface area contributed by atoms with Gasteiger partial charge >= 0.3 is 5.97 Å². The Bertz CT molecular complexity index is 898. The number of halogens is 1. The van der Waals surface area contributed by atoms with Gasteiger partial charge in [0.1, 0.15) is 11.6 Å². The fourth-order valence-corrected chi connectivity index (χ4v) is 3.78. The van der Waals surface area contributed by atoms with Gasteiger partial charge in [-0.05, 0) is 38.2 Å². The number of thioether (sulfide) groups is 1. The molecule has 0 amide bonds. The predicted octanol–water partition coefficient (Wildman–Crippen LogP) is 4.17. The number of rotatable bonds is 5. The molecule has 0 unspecified atom stereocenters. The second-order valence-electron chi connectivity index (χ2n) is 6.41. The number of ether oxygens (including phenoxy) is 1. The number of piperidine rings is 1. The third-order valence-electron chi connectivity index (χ3n) is 4.62. The number of benzene rings is 1. The Morgan fingerprint density at radius 3 is 2.79 bits per heavy atom. The second-order valence-corrected chi connectivity index (χ2v) is 7.62. The van der Waals surface area contributed by atoms with Gasteiger partial charge < -0.3 is 9.64 Å². The number of hydrogen-bond donors (Lipinski definition) is 0. The average Bonchev–Trinajstić information content (AvgIpc) is 2.73. The molecule has 0 radical (unpaired) electrons. The lowest BCUT2D eigenvalue weighted by molar-refractivity contribution is -0.148. The van der Waals surface area contributed by atoms with Gasteiger partial charge in [-0.15, -0.1) is 0 Å². The van der Waals surface area contributed by atoms with Gasteiger partial charge in [0.2, 0.25) is 0 Å². The highest BCUT2D eigenvalue weighted by atomic mass is 35.5. The van der Waals surface area contributed by atoms with E-state index in [0.717, 1.165) is 24.9 Å². The molecule has 0 N–H and O–H groups in total. The van der Waals surface area contributed by atoms with E-state index in [1.54, 1.807) is 19.1 Å². The Labute approximate surface area is 173 Å². The van der Waals surface area contributed by atoms with Crippen LogP contribution in [0.4, 0.5) is 5.82 Å². The van der Waals surface area contributed by atoms with Gasteiger partial charge in [0.05, 0.1) is 18.2 Å². The van der Waals surface area contributed by atoms with Crippen molar-refractivity contribution in [3.63, 3.8) is 0 Å². The highest BCUT2D eigenvalue weighted by molar-refractivity contribution is 7.98. The van der Waals surface area contributed by atoms with Gasteiger partial charge in [-0.2, -0.15) is 5.26 Å². The molecule has 1 atom stereocenters. The number of nitrogens with zero attached hydrogens (tertiary/aromatic N) is 4. The van der Waals surface area contributed by atoms with Crippen molar-refractivity contribution in [1.82, 2.24) is 9.97 Å². The summed E-state index contributed by atoms with van der Waals surface area (Å²) in [6, 6.07) is 9.51. The fraction of sp³-hybridized carbons (Fsp3) is 0.400. The molecule has 6 nitrogen and oxygen atoms in total. The number of carbonyl (C=O) groups is 1. The molecule has 146 valence electrons.